The molecule has 0 amide bonds. The van der Waals surface area contributed by atoms with Crippen LogP contribution < -0.4 is 0 Å². The molecule has 0 N–H and O–H groups in total. The lowest BCUT2D eigenvalue weighted by molar-refractivity contribution is -0.134. The van der Waals surface area contributed by atoms with E-state index in [-0.39, 0.29) is 17.6 Å². The van der Waals surface area contributed by atoms with Crippen LogP contribution in [0.1, 0.15) is 26.3 Å². The Morgan fingerprint density at radius 3 is 2.11 bits per heavy atom. The minimum absolute atomic E-state index is 0.0372. The molecule has 1 rings (SSSR count). The van der Waals surface area contributed by atoms with Gasteiger partial charge < -0.3 is 4.74 Å². The van der Waals surface area contributed by atoms with Gasteiger partial charge in [-0.3, -0.25) is 4.79 Å². The van der Waals surface area contributed by atoms with E-state index >= 15 is 0 Å². The molecule has 0 spiro atoms. The first-order chi connectivity index (χ1) is 8.24. The minimum Gasteiger partial charge on any atom is -0.373 e. The quantitative estimate of drug-likeness (QED) is 0.827. The Morgan fingerprint density at radius 1 is 1.22 bits per heavy atom. The van der Waals surface area contributed by atoms with Crippen molar-refractivity contribution in [1.82, 2.24) is 0 Å². The maximum Gasteiger partial charge on any atom is 0.166 e. The molecule has 1 atom stereocenters. The van der Waals surface area contributed by atoms with Crippen molar-refractivity contribution >= 4 is 5.78 Å². The van der Waals surface area contributed by atoms with Crippen molar-refractivity contribution < 1.29 is 18.3 Å². The van der Waals surface area contributed by atoms with Crippen LogP contribution in [0.25, 0.3) is 0 Å². The van der Waals surface area contributed by atoms with E-state index in [4.69, 9.17) is 4.74 Å². The first-order valence-corrected chi connectivity index (χ1v) is 5.74. The molecule has 0 aliphatic carbocycles. The lowest BCUT2D eigenvalue weighted by Crippen LogP contribution is -2.37. The number of hydrogen-bond donors (Lipinski definition) is 0. The van der Waals surface area contributed by atoms with E-state index in [0.29, 0.717) is 5.56 Å². The summed E-state index contributed by atoms with van der Waals surface area (Å²) in [4.78, 5) is 12.0. The lowest BCUT2D eigenvalue weighted by Gasteiger charge is -2.28. The average Bonchev–Trinajstić information content (AvgIpc) is 2.13. The Kier molecular flexibility index (Phi) is 4.57. The normalized spacial score (nSPS) is 13.4. The van der Waals surface area contributed by atoms with Crippen LogP contribution in [0.4, 0.5) is 8.78 Å². The molecule has 1 unspecified atom stereocenters. The third-order valence-electron chi connectivity index (χ3n) is 2.62. The highest BCUT2D eigenvalue weighted by molar-refractivity contribution is 5.85. The van der Waals surface area contributed by atoms with E-state index < -0.39 is 17.7 Å². The van der Waals surface area contributed by atoms with Crippen molar-refractivity contribution in [2.75, 3.05) is 7.11 Å². The molecular formula is C14H18F2O2. The average molecular weight is 256 g/mol. The van der Waals surface area contributed by atoms with Crippen molar-refractivity contribution in [3.63, 3.8) is 0 Å². The number of rotatable bonds is 4. The second-order valence-electron chi connectivity index (χ2n) is 5.40. The summed E-state index contributed by atoms with van der Waals surface area (Å²) < 4.78 is 31.2. The van der Waals surface area contributed by atoms with Gasteiger partial charge in [0.2, 0.25) is 0 Å². The number of halogens is 2. The summed E-state index contributed by atoms with van der Waals surface area (Å²) in [7, 11) is 1.46. The molecule has 18 heavy (non-hydrogen) atoms. The zero-order valence-electron chi connectivity index (χ0n) is 11.1. The van der Waals surface area contributed by atoms with Gasteiger partial charge in [-0.05, 0) is 23.1 Å². The second-order valence-corrected chi connectivity index (χ2v) is 5.40. The molecule has 100 valence electrons. The van der Waals surface area contributed by atoms with E-state index in [2.05, 4.69) is 0 Å². The van der Waals surface area contributed by atoms with E-state index in [1.165, 1.54) is 7.11 Å². The number of ether oxygens (including phenoxy) is 1. The molecular weight excluding hydrogens is 238 g/mol. The topological polar surface area (TPSA) is 26.3 Å². The van der Waals surface area contributed by atoms with Gasteiger partial charge in [-0.2, -0.15) is 0 Å². The van der Waals surface area contributed by atoms with Crippen molar-refractivity contribution in [3.05, 3.63) is 35.4 Å². The summed E-state index contributed by atoms with van der Waals surface area (Å²) in [5.41, 5.74) is -0.0265. The Hall–Kier alpha value is -1.29. The summed E-state index contributed by atoms with van der Waals surface area (Å²) in [6.07, 6.45) is -0.631. The third-order valence-corrected chi connectivity index (χ3v) is 2.62. The zero-order chi connectivity index (χ0) is 13.9. The smallest absolute Gasteiger partial charge is 0.166 e. The second kappa shape index (κ2) is 5.57. The van der Waals surface area contributed by atoms with Crippen molar-refractivity contribution in [2.24, 2.45) is 5.41 Å². The number of ketones is 1. The molecule has 1 aromatic rings. The number of carbonyl (C=O) groups is 1. The Balaban J connectivity index is 2.86. The van der Waals surface area contributed by atoms with Crippen LogP contribution in [0.3, 0.4) is 0 Å². The van der Waals surface area contributed by atoms with Crippen LogP contribution in [-0.4, -0.2) is 19.0 Å². The monoisotopic (exact) mass is 256 g/mol. The maximum absolute atomic E-state index is 13.0. The molecule has 4 heteroatoms. The summed E-state index contributed by atoms with van der Waals surface area (Å²) >= 11 is 0. The molecule has 2 nitrogen and oxygen atoms in total. The molecule has 0 aromatic heterocycles. The van der Waals surface area contributed by atoms with Gasteiger partial charge in [0.15, 0.2) is 5.78 Å². The van der Waals surface area contributed by atoms with Gasteiger partial charge in [0, 0.05) is 19.6 Å². The molecule has 0 heterocycles. The summed E-state index contributed by atoms with van der Waals surface area (Å²) in [5, 5.41) is 0. The predicted octanol–water partition coefficient (Wildman–Crippen LogP) is 3.14. The molecule has 0 bridgehead atoms. The number of carbonyl (C=O) groups excluding carboxylic acids is 1. The first kappa shape index (κ1) is 14.8. The van der Waals surface area contributed by atoms with Gasteiger partial charge in [-0.15, -0.1) is 0 Å². The van der Waals surface area contributed by atoms with Crippen LogP contribution in [-0.2, 0) is 16.0 Å². The van der Waals surface area contributed by atoms with Gasteiger partial charge in [0.05, 0.1) is 0 Å². The summed E-state index contributed by atoms with van der Waals surface area (Å²) in [6, 6.07) is 3.11. The van der Waals surface area contributed by atoms with Crippen molar-refractivity contribution in [1.29, 1.82) is 0 Å². The maximum atomic E-state index is 13.0. The molecule has 0 radical (unpaired) electrons. The highest BCUT2D eigenvalue weighted by atomic mass is 19.1. The minimum atomic E-state index is -0.678. The number of benzene rings is 1. The van der Waals surface area contributed by atoms with Crippen LogP contribution in [0.5, 0.6) is 0 Å². The lowest BCUT2D eigenvalue weighted by atomic mass is 9.84. The number of Topliss-reactive ketones (excluding diaryl/α,β-unsaturated/α-hetero) is 1. The highest BCUT2D eigenvalue weighted by Gasteiger charge is 2.30. The Labute approximate surface area is 106 Å². The molecule has 0 fully saturated rings. The molecule has 0 aliphatic heterocycles. The fraction of sp³-hybridized carbons (Fsp3) is 0.500. The Morgan fingerprint density at radius 2 is 1.72 bits per heavy atom. The molecule has 1 aromatic carbocycles. The van der Waals surface area contributed by atoms with Gasteiger partial charge in [-0.25, -0.2) is 8.78 Å². The molecule has 0 aliphatic rings. The van der Waals surface area contributed by atoms with Gasteiger partial charge >= 0.3 is 0 Å². The van der Waals surface area contributed by atoms with E-state index in [9.17, 15) is 13.6 Å². The van der Waals surface area contributed by atoms with E-state index in [1.807, 2.05) is 20.8 Å². The van der Waals surface area contributed by atoms with Crippen molar-refractivity contribution in [2.45, 2.75) is 33.3 Å². The summed E-state index contributed by atoms with van der Waals surface area (Å²) in [6.45, 7) is 5.64. The van der Waals surface area contributed by atoms with Crippen LogP contribution in [0.2, 0.25) is 0 Å². The van der Waals surface area contributed by atoms with Crippen molar-refractivity contribution in [3.8, 4) is 0 Å². The Bertz CT molecular complexity index is 416. The highest BCUT2D eigenvalue weighted by Crippen LogP contribution is 2.24. The number of methoxy groups -OCH3 is 1. The SMILES string of the molecule is COC(C(=O)Cc1cc(F)cc(F)c1)C(C)(C)C. The fourth-order valence-electron chi connectivity index (χ4n) is 1.97. The van der Waals surface area contributed by atoms with Crippen LogP contribution >= 0.6 is 0 Å². The van der Waals surface area contributed by atoms with E-state index in [1.54, 1.807) is 0 Å². The van der Waals surface area contributed by atoms with Crippen LogP contribution in [0.15, 0.2) is 18.2 Å². The molecule has 0 saturated heterocycles. The van der Waals surface area contributed by atoms with Gasteiger partial charge in [0.1, 0.15) is 17.7 Å². The molecule has 0 saturated carbocycles. The standard InChI is InChI=1S/C14H18F2O2/c1-14(2,3)13(18-4)12(17)7-9-5-10(15)8-11(16)6-9/h5-6,8,13H,7H2,1-4H3. The third kappa shape index (κ3) is 3.88. The summed E-state index contributed by atoms with van der Waals surface area (Å²) in [5.74, 6) is -1.54. The zero-order valence-corrected chi connectivity index (χ0v) is 11.1. The predicted molar refractivity (Wildman–Crippen MR) is 65.3 cm³/mol. The van der Waals surface area contributed by atoms with E-state index in [0.717, 1.165) is 18.2 Å². The van der Waals surface area contributed by atoms with Crippen LogP contribution in [0, 0.1) is 17.0 Å². The number of hydrogen-bond acceptors (Lipinski definition) is 2. The van der Waals surface area contributed by atoms with Gasteiger partial charge in [0.25, 0.3) is 0 Å². The van der Waals surface area contributed by atoms with Gasteiger partial charge in [-0.1, -0.05) is 20.8 Å². The largest absolute Gasteiger partial charge is 0.373 e. The first-order valence-electron chi connectivity index (χ1n) is 5.74. The fourth-order valence-corrected chi connectivity index (χ4v) is 1.97.